The third kappa shape index (κ3) is 6.67. The second-order valence-corrected chi connectivity index (χ2v) is 5.80. The van der Waals surface area contributed by atoms with Crippen molar-refractivity contribution in [2.75, 3.05) is 6.54 Å². The number of hydrogen-bond donors (Lipinski definition) is 2. The first-order valence-corrected chi connectivity index (χ1v) is 7.10. The molecule has 1 amide bonds. The first-order chi connectivity index (χ1) is 8.08. The predicted octanol–water partition coefficient (Wildman–Crippen LogP) is 2.46. The third-order valence-corrected chi connectivity index (χ3v) is 3.49. The molecule has 1 rings (SSSR count). The minimum atomic E-state index is 0.146. The zero-order chi connectivity index (χ0) is 12.7. The van der Waals surface area contributed by atoms with E-state index in [1.807, 2.05) is 0 Å². The average Bonchev–Trinajstić information content (AvgIpc) is 2.76. The maximum absolute atomic E-state index is 11.7. The zero-order valence-electron chi connectivity index (χ0n) is 11.6. The Kier molecular flexibility index (Phi) is 6.56. The van der Waals surface area contributed by atoms with Gasteiger partial charge in [0.2, 0.25) is 5.91 Å². The lowest BCUT2D eigenvalue weighted by Gasteiger charge is -2.16. The van der Waals surface area contributed by atoms with Crippen LogP contribution in [0.15, 0.2) is 0 Å². The molecule has 0 heterocycles. The van der Waals surface area contributed by atoms with Crippen LogP contribution in [-0.2, 0) is 4.79 Å². The summed E-state index contributed by atoms with van der Waals surface area (Å²) in [6.45, 7) is 7.01. The van der Waals surface area contributed by atoms with E-state index < -0.39 is 0 Å². The van der Waals surface area contributed by atoms with Gasteiger partial charge in [-0.2, -0.15) is 0 Å². The Bertz CT molecular complexity index is 222. The van der Waals surface area contributed by atoms with E-state index in [0.717, 1.165) is 6.42 Å². The monoisotopic (exact) mass is 240 g/mol. The van der Waals surface area contributed by atoms with E-state index in [2.05, 4.69) is 31.4 Å². The van der Waals surface area contributed by atoms with Crippen LogP contribution in [0.4, 0.5) is 0 Å². The average molecular weight is 240 g/mol. The molecule has 17 heavy (non-hydrogen) atoms. The Morgan fingerprint density at radius 1 is 1.18 bits per heavy atom. The Balaban J connectivity index is 2.06. The van der Waals surface area contributed by atoms with Gasteiger partial charge in [-0.3, -0.25) is 4.79 Å². The lowest BCUT2D eigenvalue weighted by Crippen LogP contribution is -2.41. The Morgan fingerprint density at radius 2 is 1.82 bits per heavy atom. The molecule has 0 aromatic heterocycles. The molecule has 1 fully saturated rings. The van der Waals surface area contributed by atoms with E-state index in [0.29, 0.717) is 24.5 Å². The number of carbonyl (C=O) groups is 1. The molecule has 3 heteroatoms. The topological polar surface area (TPSA) is 41.1 Å². The van der Waals surface area contributed by atoms with Gasteiger partial charge in [0.05, 0.1) is 6.54 Å². The fraction of sp³-hybridized carbons (Fsp3) is 0.929. The number of amides is 1. The Labute approximate surface area is 106 Å². The van der Waals surface area contributed by atoms with Crippen LogP contribution in [0.1, 0.15) is 59.3 Å². The molecule has 0 saturated heterocycles. The molecule has 2 N–H and O–H groups in total. The largest absolute Gasteiger partial charge is 0.353 e. The summed E-state index contributed by atoms with van der Waals surface area (Å²) >= 11 is 0. The number of carbonyl (C=O) groups excluding carboxylic acids is 1. The van der Waals surface area contributed by atoms with E-state index >= 15 is 0 Å². The number of hydrogen-bond acceptors (Lipinski definition) is 2. The molecule has 1 aliphatic rings. The summed E-state index contributed by atoms with van der Waals surface area (Å²) in [5.41, 5.74) is 0. The quantitative estimate of drug-likeness (QED) is 0.717. The molecule has 0 aliphatic heterocycles. The summed E-state index contributed by atoms with van der Waals surface area (Å²) in [7, 11) is 0. The normalized spacial score (nSPS) is 18.6. The summed E-state index contributed by atoms with van der Waals surface area (Å²) in [4.78, 5) is 11.7. The smallest absolute Gasteiger partial charge is 0.234 e. The summed E-state index contributed by atoms with van der Waals surface area (Å²) in [5.74, 6) is 0.860. The van der Waals surface area contributed by atoms with Gasteiger partial charge in [0.1, 0.15) is 0 Å². The van der Waals surface area contributed by atoms with Crippen LogP contribution < -0.4 is 10.6 Å². The van der Waals surface area contributed by atoms with Crippen molar-refractivity contribution in [2.24, 2.45) is 5.92 Å². The van der Waals surface area contributed by atoms with Gasteiger partial charge in [-0.25, -0.2) is 0 Å². The standard InChI is InChI=1S/C14H28N2O/c1-11(2)8-9-12(3)16-14(17)10-15-13-6-4-5-7-13/h11-13,15H,4-10H2,1-3H3,(H,16,17). The van der Waals surface area contributed by atoms with Crippen molar-refractivity contribution >= 4 is 5.91 Å². The first kappa shape index (κ1) is 14.5. The lowest BCUT2D eigenvalue weighted by atomic mass is 10.0. The lowest BCUT2D eigenvalue weighted by molar-refractivity contribution is -0.121. The summed E-state index contributed by atoms with van der Waals surface area (Å²) < 4.78 is 0. The molecule has 3 nitrogen and oxygen atoms in total. The van der Waals surface area contributed by atoms with Gasteiger partial charge in [0.15, 0.2) is 0 Å². The van der Waals surface area contributed by atoms with Crippen molar-refractivity contribution in [1.29, 1.82) is 0 Å². The van der Waals surface area contributed by atoms with Crippen molar-refractivity contribution in [3.8, 4) is 0 Å². The molecule has 1 saturated carbocycles. The fourth-order valence-electron chi connectivity index (χ4n) is 2.35. The minimum absolute atomic E-state index is 0.146. The zero-order valence-corrected chi connectivity index (χ0v) is 11.6. The second kappa shape index (κ2) is 7.70. The van der Waals surface area contributed by atoms with Crippen LogP contribution in [0.5, 0.6) is 0 Å². The van der Waals surface area contributed by atoms with Crippen molar-refractivity contribution in [1.82, 2.24) is 10.6 Å². The molecule has 100 valence electrons. The molecular formula is C14H28N2O. The summed E-state index contributed by atoms with van der Waals surface area (Å²) in [6, 6.07) is 0.877. The highest BCUT2D eigenvalue weighted by Gasteiger charge is 2.15. The van der Waals surface area contributed by atoms with Crippen molar-refractivity contribution in [2.45, 2.75) is 71.4 Å². The van der Waals surface area contributed by atoms with E-state index in [1.54, 1.807) is 0 Å². The molecule has 0 bridgehead atoms. The summed E-state index contributed by atoms with van der Waals surface area (Å²) in [6.07, 6.45) is 7.34. The fourth-order valence-corrected chi connectivity index (χ4v) is 2.35. The second-order valence-electron chi connectivity index (χ2n) is 5.80. The van der Waals surface area contributed by atoms with Gasteiger partial charge in [-0.15, -0.1) is 0 Å². The highest BCUT2D eigenvalue weighted by atomic mass is 16.1. The highest BCUT2D eigenvalue weighted by Crippen LogP contribution is 2.17. The van der Waals surface area contributed by atoms with Crippen LogP contribution in [0.25, 0.3) is 0 Å². The molecule has 0 aromatic rings. The SMILES string of the molecule is CC(C)CCC(C)NC(=O)CNC1CCCC1. The Hall–Kier alpha value is -0.570. The van der Waals surface area contributed by atoms with E-state index in [-0.39, 0.29) is 5.91 Å². The van der Waals surface area contributed by atoms with Crippen LogP contribution in [0.3, 0.4) is 0 Å². The van der Waals surface area contributed by atoms with Crippen molar-refractivity contribution in [3.05, 3.63) is 0 Å². The van der Waals surface area contributed by atoms with Crippen LogP contribution in [-0.4, -0.2) is 24.5 Å². The number of nitrogens with one attached hydrogen (secondary N) is 2. The van der Waals surface area contributed by atoms with E-state index in [9.17, 15) is 4.79 Å². The van der Waals surface area contributed by atoms with Gasteiger partial charge in [-0.05, 0) is 38.5 Å². The molecule has 0 spiro atoms. The van der Waals surface area contributed by atoms with Gasteiger partial charge in [0, 0.05) is 12.1 Å². The molecule has 0 aromatic carbocycles. The number of rotatable bonds is 7. The van der Waals surface area contributed by atoms with Gasteiger partial charge >= 0.3 is 0 Å². The molecule has 1 unspecified atom stereocenters. The van der Waals surface area contributed by atoms with E-state index in [1.165, 1.54) is 32.1 Å². The molecular weight excluding hydrogens is 212 g/mol. The summed E-state index contributed by atoms with van der Waals surface area (Å²) in [5, 5.41) is 6.40. The van der Waals surface area contributed by atoms with Gasteiger partial charge < -0.3 is 10.6 Å². The van der Waals surface area contributed by atoms with Gasteiger partial charge in [0.25, 0.3) is 0 Å². The highest BCUT2D eigenvalue weighted by molar-refractivity contribution is 5.78. The molecule has 0 radical (unpaired) electrons. The van der Waals surface area contributed by atoms with Crippen LogP contribution >= 0.6 is 0 Å². The first-order valence-electron chi connectivity index (χ1n) is 7.10. The van der Waals surface area contributed by atoms with Gasteiger partial charge in [-0.1, -0.05) is 26.7 Å². The predicted molar refractivity (Wildman–Crippen MR) is 71.9 cm³/mol. The minimum Gasteiger partial charge on any atom is -0.353 e. The van der Waals surface area contributed by atoms with Crippen LogP contribution in [0, 0.1) is 5.92 Å². The van der Waals surface area contributed by atoms with E-state index in [4.69, 9.17) is 0 Å². The third-order valence-electron chi connectivity index (χ3n) is 3.49. The Morgan fingerprint density at radius 3 is 2.41 bits per heavy atom. The van der Waals surface area contributed by atoms with Crippen LogP contribution in [0.2, 0.25) is 0 Å². The van der Waals surface area contributed by atoms with Crippen molar-refractivity contribution in [3.63, 3.8) is 0 Å². The van der Waals surface area contributed by atoms with Crippen molar-refractivity contribution < 1.29 is 4.79 Å². The maximum atomic E-state index is 11.7. The maximum Gasteiger partial charge on any atom is 0.234 e. The molecule has 1 atom stereocenters. The molecule has 1 aliphatic carbocycles.